The molecule has 0 aliphatic carbocycles. The molecule has 0 amide bonds. The zero-order valence-electron chi connectivity index (χ0n) is 31.1. The number of nitrogens with zero attached hydrogens (tertiary/aromatic N) is 2. The highest BCUT2D eigenvalue weighted by atomic mass is 32.2. The summed E-state index contributed by atoms with van der Waals surface area (Å²) in [5, 5.41) is 9.13. The highest BCUT2D eigenvalue weighted by Crippen LogP contribution is 2.50. The van der Waals surface area contributed by atoms with Crippen LogP contribution in [0.15, 0.2) is 204 Å². The van der Waals surface area contributed by atoms with E-state index in [4.69, 9.17) is 4.98 Å². The highest BCUT2D eigenvalue weighted by molar-refractivity contribution is 7.92. The minimum absolute atomic E-state index is 0.265. The van der Waals surface area contributed by atoms with Crippen molar-refractivity contribution in [1.29, 1.82) is 0 Å². The second-order valence-corrected chi connectivity index (χ2v) is 16.9. The fourth-order valence-electron chi connectivity index (χ4n) is 9.46. The second-order valence-electron chi connectivity index (χ2n) is 15.0. The zero-order chi connectivity index (χ0) is 38.5. The predicted molar refractivity (Wildman–Crippen MR) is 238 cm³/mol. The summed E-state index contributed by atoms with van der Waals surface area (Å²) in [6.45, 7) is 0. The fourth-order valence-corrected chi connectivity index (χ4v) is 11.3. The minimum Gasteiger partial charge on any atom is -0.290 e. The second kappa shape index (κ2) is 12.3. The molecule has 4 nitrogen and oxygen atoms in total. The van der Waals surface area contributed by atoms with E-state index < -0.39 is 9.84 Å². The summed E-state index contributed by atoms with van der Waals surface area (Å²) in [4.78, 5) is 5.57. The lowest BCUT2D eigenvalue weighted by Crippen LogP contribution is -2.16. The Hall–Kier alpha value is -7.34. The molecule has 11 aromatic rings. The molecule has 5 heteroatoms. The first kappa shape index (κ1) is 32.9. The molecule has 0 spiro atoms. The van der Waals surface area contributed by atoms with Gasteiger partial charge in [0.1, 0.15) is 10.7 Å². The van der Waals surface area contributed by atoms with Crippen LogP contribution in [0.2, 0.25) is 0 Å². The average molecular weight is 761 g/mol. The van der Waals surface area contributed by atoms with Gasteiger partial charge in [0, 0.05) is 11.1 Å². The molecule has 2 heterocycles. The summed E-state index contributed by atoms with van der Waals surface area (Å²) < 4.78 is 32.1. The van der Waals surface area contributed by atoms with Crippen molar-refractivity contribution in [2.75, 3.05) is 0 Å². The zero-order valence-corrected chi connectivity index (χ0v) is 31.9. The van der Waals surface area contributed by atoms with Crippen LogP contribution in [0, 0.1) is 0 Å². The normalized spacial score (nSPS) is 13.1. The largest absolute Gasteiger partial charge is 0.290 e. The van der Waals surface area contributed by atoms with Crippen LogP contribution in [-0.4, -0.2) is 18.0 Å². The van der Waals surface area contributed by atoms with Crippen molar-refractivity contribution in [3.8, 4) is 50.5 Å². The first-order valence-electron chi connectivity index (χ1n) is 19.5. The van der Waals surface area contributed by atoms with Gasteiger partial charge in [-0.05, 0) is 95.2 Å². The number of benzene rings is 10. The van der Waals surface area contributed by atoms with Crippen LogP contribution in [0.3, 0.4) is 0 Å². The maximum Gasteiger partial charge on any atom is 0.211 e. The van der Waals surface area contributed by atoms with Gasteiger partial charge in [0.15, 0.2) is 0 Å². The third-order valence-corrected chi connectivity index (χ3v) is 13.8. The Morgan fingerprint density at radius 2 is 0.948 bits per heavy atom. The van der Waals surface area contributed by atoms with Gasteiger partial charge in [-0.25, -0.2) is 13.4 Å². The Bertz CT molecular complexity index is 3630. The first-order valence-corrected chi connectivity index (χ1v) is 20.9. The molecule has 1 aliphatic heterocycles. The van der Waals surface area contributed by atoms with Crippen LogP contribution in [0.25, 0.3) is 105 Å². The van der Waals surface area contributed by atoms with Crippen LogP contribution < -0.4 is 0 Å². The third-order valence-electron chi connectivity index (χ3n) is 11.9. The van der Waals surface area contributed by atoms with E-state index in [0.29, 0.717) is 28.1 Å². The molecule has 272 valence electrons. The molecule has 10 aromatic carbocycles. The molecule has 12 rings (SSSR count). The monoisotopic (exact) mass is 760 g/mol. The number of fused-ring (bicyclic) bond motifs is 6. The summed E-state index contributed by atoms with van der Waals surface area (Å²) in [6, 6.07) is 66.6. The molecule has 0 unspecified atom stereocenters. The van der Waals surface area contributed by atoms with Gasteiger partial charge < -0.3 is 0 Å². The van der Waals surface area contributed by atoms with Gasteiger partial charge in [-0.1, -0.05) is 170 Å². The van der Waals surface area contributed by atoms with Crippen molar-refractivity contribution in [3.63, 3.8) is 0 Å². The predicted octanol–water partition coefficient (Wildman–Crippen LogP) is 13.5. The van der Waals surface area contributed by atoms with Gasteiger partial charge in [0.2, 0.25) is 9.84 Å². The molecule has 0 N–H and O–H groups in total. The highest BCUT2D eigenvalue weighted by Gasteiger charge is 2.36. The molecule has 1 aliphatic rings. The summed E-state index contributed by atoms with van der Waals surface area (Å²) in [5.74, 6) is 0.708. The van der Waals surface area contributed by atoms with Gasteiger partial charge in [-0.15, -0.1) is 0 Å². The number of imidazole rings is 1. The number of hydrogen-bond donors (Lipinski definition) is 0. The van der Waals surface area contributed by atoms with E-state index in [1.54, 1.807) is 12.1 Å². The van der Waals surface area contributed by atoms with E-state index in [1.165, 1.54) is 10.8 Å². The van der Waals surface area contributed by atoms with E-state index in [9.17, 15) is 0 Å². The average Bonchev–Trinajstić information content (AvgIpc) is 3.67. The number of sulfone groups is 1. The van der Waals surface area contributed by atoms with Crippen molar-refractivity contribution < 1.29 is 8.42 Å². The van der Waals surface area contributed by atoms with E-state index in [1.807, 2.05) is 59.2 Å². The smallest absolute Gasteiger partial charge is 0.211 e. The van der Waals surface area contributed by atoms with Gasteiger partial charge in [0.25, 0.3) is 0 Å². The van der Waals surface area contributed by atoms with Gasteiger partial charge in [0.05, 0.1) is 21.6 Å². The van der Waals surface area contributed by atoms with Crippen LogP contribution in [0.4, 0.5) is 0 Å². The Morgan fingerprint density at radius 3 is 1.64 bits per heavy atom. The van der Waals surface area contributed by atoms with Gasteiger partial charge in [-0.3, -0.25) is 4.57 Å². The van der Waals surface area contributed by atoms with Gasteiger partial charge in [-0.2, -0.15) is 0 Å². The molecule has 0 atom stereocenters. The number of aromatic nitrogens is 2. The maximum atomic E-state index is 15.0. The van der Waals surface area contributed by atoms with Crippen molar-refractivity contribution in [1.82, 2.24) is 9.55 Å². The first-order chi connectivity index (χ1) is 28.6. The molecule has 1 aromatic heterocycles. The standard InChI is InChI=1S/C53H32N2O2S/c56-58(57)48-29-13-27-46-51(48)55(53(54-46)35-16-2-1-3-17-35)47-28-12-24-39(52(47)58)36-30-31-44-45(32-36)50(41-26-11-19-34-15-5-7-21-38(34)41)43-23-9-8-22-42(43)49(44)40-25-10-18-33-14-4-6-20-37(33)40/h1-32H. The van der Waals surface area contributed by atoms with Crippen molar-refractivity contribution in [3.05, 3.63) is 194 Å². The third kappa shape index (κ3) is 4.62. The fraction of sp³-hybridized carbons (Fsp3) is 0. The number of para-hydroxylation sites is 1. The Labute approximate surface area is 334 Å². The molecular formula is C53H32N2O2S. The van der Waals surface area contributed by atoms with E-state index in [-0.39, 0.29) is 9.79 Å². The lowest BCUT2D eigenvalue weighted by molar-refractivity contribution is 0.595. The lowest BCUT2D eigenvalue weighted by atomic mass is 9.83. The molecule has 0 saturated heterocycles. The SMILES string of the molecule is O=S1(=O)c2c(-c3ccc4c(-c5cccc6ccccc56)c5ccccc5c(-c5cccc6ccccc56)c4c3)cccc2-n2c(-c3ccccc3)nc3cccc1c32. The van der Waals surface area contributed by atoms with Crippen LogP contribution in [0.1, 0.15) is 0 Å². The molecular weight excluding hydrogens is 729 g/mol. The van der Waals surface area contributed by atoms with Crippen molar-refractivity contribution in [2.45, 2.75) is 9.79 Å². The minimum atomic E-state index is -3.97. The van der Waals surface area contributed by atoms with Crippen molar-refractivity contribution >= 4 is 64.0 Å². The lowest BCUT2D eigenvalue weighted by Gasteiger charge is -2.24. The van der Waals surface area contributed by atoms with Gasteiger partial charge >= 0.3 is 0 Å². The number of hydrogen-bond acceptors (Lipinski definition) is 3. The Morgan fingerprint density at radius 1 is 0.414 bits per heavy atom. The summed E-state index contributed by atoms with van der Waals surface area (Å²) in [5.41, 5.74) is 8.81. The van der Waals surface area contributed by atoms with Crippen LogP contribution in [0.5, 0.6) is 0 Å². The van der Waals surface area contributed by atoms with Crippen molar-refractivity contribution in [2.24, 2.45) is 0 Å². The quantitative estimate of drug-likeness (QED) is 0.168. The molecule has 0 bridgehead atoms. The summed E-state index contributed by atoms with van der Waals surface area (Å²) in [7, 11) is -3.97. The van der Waals surface area contributed by atoms with E-state index >= 15 is 8.42 Å². The summed E-state index contributed by atoms with van der Waals surface area (Å²) >= 11 is 0. The maximum absolute atomic E-state index is 15.0. The van der Waals surface area contributed by atoms with E-state index in [0.717, 1.165) is 65.7 Å². The number of rotatable bonds is 4. The summed E-state index contributed by atoms with van der Waals surface area (Å²) in [6.07, 6.45) is 0. The van der Waals surface area contributed by atoms with Crippen LogP contribution >= 0.6 is 0 Å². The molecule has 0 fully saturated rings. The Balaban J connectivity index is 1.21. The topological polar surface area (TPSA) is 52.0 Å². The molecule has 0 radical (unpaired) electrons. The van der Waals surface area contributed by atoms with Crippen LogP contribution in [-0.2, 0) is 9.84 Å². The molecule has 0 saturated carbocycles. The van der Waals surface area contributed by atoms with E-state index in [2.05, 4.69) is 127 Å². The molecule has 58 heavy (non-hydrogen) atoms. The Kier molecular flexibility index (Phi) is 6.98.